The molecule has 0 aliphatic carbocycles. The minimum Gasteiger partial charge on any atom is -0.366 e. The molecule has 0 aromatic heterocycles. The van der Waals surface area contributed by atoms with E-state index in [2.05, 4.69) is 0 Å². The first-order valence-corrected chi connectivity index (χ1v) is 3.50. The monoisotopic (exact) mass is 360 g/mol. The van der Waals surface area contributed by atoms with Gasteiger partial charge in [-0.05, 0) is 11.6 Å². The molecule has 1 aromatic carbocycles. The molecule has 0 unspecified atom stereocenters. The van der Waals surface area contributed by atoms with Crippen LogP contribution in [0.2, 0.25) is 0 Å². The molecule has 1 rings (SSSR count). The molecule has 0 saturated carbocycles. The minimum atomic E-state index is -0.485. The molecule has 14 heavy (non-hydrogen) atoms. The number of benzene rings is 1. The van der Waals surface area contributed by atoms with E-state index in [-0.39, 0.29) is 47.4 Å². The van der Waals surface area contributed by atoms with E-state index in [0.29, 0.717) is 11.1 Å². The van der Waals surface area contributed by atoms with Gasteiger partial charge in [0, 0.05) is 46.5 Å². The Balaban J connectivity index is 0. The first-order valence-electron chi connectivity index (χ1n) is 3.50. The SMILES string of the molecule is N#CCc1ccccc1C(N)=O.[Se].[Sn]. The van der Waals surface area contributed by atoms with Crippen molar-refractivity contribution in [2.45, 2.75) is 6.42 Å². The van der Waals surface area contributed by atoms with Crippen LogP contribution in [0.3, 0.4) is 0 Å². The summed E-state index contributed by atoms with van der Waals surface area (Å²) >= 11 is 0. The summed E-state index contributed by atoms with van der Waals surface area (Å²) in [5, 5.41) is 8.42. The van der Waals surface area contributed by atoms with Crippen molar-refractivity contribution in [1.82, 2.24) is 0 Å². The molecule has 1 amide bonds. The van der Waals surface area contributed by atoms with Gasteiger partial charge in [-0.15, -0.1) is 0 Å². The Morgan fingerprint density at radius 3 is 2.50 bits per heavy atom. The summed E-state index contributed by atoms with van der Waals surface area (Å²) in [4.78, 5) is 10.8. The molecule has 3 nitrogen and oxygen atoms in total. The number of hydrogen-bond donors (Lipinski definition) is 1. The third kappa shape index (κ3) is 4.14. The predicted molar refractivity (Wildman–Crippen MR) is 55.8 cm³/mol. The van der Waals surface area contributed by atoms with E-state index < -0.39 is 5.91 Å². The Bertz CT molecular complexity index is 349. The predicted octanol–water partition coefficient (Wildman–Crippen LogP) is 0.0900. The average molecular weight is 358 g/mol. The van der Waals surface area contributed by atoms with Crippen LogP contribution < -0.4 is 5.73 Å². The largest absolute Gasteiger partial charge is 0.366 e. The molecule has 6 radical (unpaired) electrons. The van der Waals surface area contributed by atoms with Crippen LogP contribution in [0.5, 0.6) is 0 Å². The molecule has 0 heterocycles. The molecule has 5 heteroatoms. The van der Waals surface area contributed by atoms with E-state index in [1.54, 1.807) is 24.3 Å². The number of primary amides is 1. The summed E-state index contributed by atoms with van der Waals surface area (Å²) in [6.07, 6.45) is 0.221. The van der Waals surface area contributed by atoms with Crippen molar-refractivity contribution in [3.8, 4) is 6.07 Å². The van der Waals surface area contributed by atoms with Crippen LogP contribution in [0.15, 0.2) is 24.3 Å². The number of nitriles is 1. The van der Waals surface area contributed by atoms with Crippen molar-refractivity contribution in [3.05, 3.63) is 35.4 Å². The van der Waals surface area contributed by atoms with Gasteiger partial charge in [0.1, 0.15) is 0 Å². The second-order valence-electron chi connectivity index (χ2n) is 2.36. The smallest absolute Gasteiger partial charge is 0.249 e. The van der Waals surface area contributed by atoms with Crippen LogP contribution in [0, 0.1) is 11.3 Å². The van der Waals surface area contributed by atoms with Gasteiger partial charge in [-0.25, -0.2) is 0 Å². The Hall–Kier alpha value is -0.502. The Morgan fingerprint density at radius 2 is 2.00 bits per heavy atom. The summed E-state index contributed by atoms with van der Waals surface area (Å²) in [6, 6.07) is 8.82. The second-order valence-corrected chi connectivity index (χ2v) is 2.36. The standard InChI is InChI=1S/C9H8N2O.Se.Sn/c10-6-5-7-3-1-2-4-8(7)9(11)12;;/h1-4H,5H2,(H2,11,12);;. The van der Waals surface area contributed by atoms with Crippen LogP contribution in [0.4, 0.5) is 0 Å². The number of nitrogens with two attached hydrogens (primary N) is 1. The van der Waals surface area contributed by atoms with Gasteiger partial charge in [-0.1, -0.05) is 18.2 Å². The molecule has 2 N–H and O–H groups in total. The van der Waals surface area contributed by atoms with Crippen molar-refractivity contribution in [2.24, 2.45) is 5.73 Å². The van der Waals surface area contributed by atoms with E-state index in [9.17, 15) is 4.79 Å². The molecule has 0 aliphatic heterocycles. The van der Waals surface area contributed by atoms with Crippen LogP contribution in [-0.2, 0) is 6.42 Å². The number of hydrogen-bond acceptors (Lipinski definition) is 2. The van der Waals surface area contributed by atoms with Gasteiger partial charge in [0.15, 0.2) is 0 Å². The molecule has 0 fully saturated rings. The van der Waals surface area contributed by atoms with E-state index in [1.807, 2.05) is 6.07 Å². The summed E-state index contributed by atoms with van der Waals surface area (Å²) in [5.41, 5.74) is 6.21. The van der Waals surface area contributed by atoms with E-state index in [1.165, 1.54) is 0 Å². The van der Waals surface area contributed by atoms with E-state index >= 15 is 0 Å². The van der Waals surface area contributed by atoms with Gasteiger partial charge in [-0.2, -0.15) is 5.26 Å². The maximum atomic E-state index is 10.8. The average Bonchev–Trinajstić information content (AvgIpc) is 2.05. The maximum absolute atomic E-state index is 10.8. The van der Waals surface area contributed by atoms with Gasteiger partial charge < -0.3 is 5.73 Å². The van der Waals surface area contributed by atoms with Crippen molar-refractivity contribution >= 4 is 46.9 Å². The second kappa shape index (κ2) is 7.86. The first-order chi connectivity index (χ1) is 5.75. The van der Waals surface area contributed by atoms with Crippen molar-refractivity contribution in [3.63, 3.8) is 0 Å². The number of carbonyl (C=O) groups excluding carboxylic acids is 1. The Kier molecular flexibility index (Phi) is 8.95. The zero-order chi connectivity index (χ0) is 8.97. The van der Waals surface area contributed by atoms with E-state index in [0.717, 1.165) is 0 Å². The third-order valence-electron chi connectivity index (χ3n) is 1.55. The van der Waals surface area contributed by atoms with Crippen LogP contribution >= 0.6 is 0 Å². The van der Waals surface area contributed by atoms with Gasteiger partial charge in [-0.3, -0.25) is 4.79 Å². The molecule has 0 saturated heterocycles. The Labute approximate surface area is 110 Å². The Morgan fingerprint density at radius 1 is 1.43 bits per heavy atom. The maximum Gasteiger partial charge on any atom is 0.249 e. The fourth-order valence-electron chi connectivity index (χ4n) is 1.00. The van der Waals surface area contributed by atoms with Crippen LogP contribution in [0.25, 0.3) is 0 Å². The first kappa shape index (κ1) is 15.9. The fraction of sp³-hybridized carbons (Fsp3) is 0.111. The molecule has 0 atom stereocenters. The van der Waals surface area contributed by atoms with Gasteiger partial charge in [0.05, 0.1) is 12.5 Å². The van der Waals surface area contributed by atoms with E-state index in [4.69, 9.17) is 11.0 Å². The summed E-state index contributed by atoms with van der Waals surface area (Å²) in [7, 11) is 0. The number of amides is 1. The number of rotatable bonds is 2. The van der Waals surface area contributed by atoms with Crippen molar-refractivity contribution < 1.29 is 4.79 Å². The number of nitrogens with zero attached hydrogens (tertiary/aromatic N) is 1. The minimum absolute atomic E-state index is 0. The zero-order valence-electron chi connectivity index (χ0n) is 7.36. The molecule has 0 aliphatic rings. The van der Waals surface area contributed by atoms with Crippen molar-refractivity contribution in [1.29, 1.82) is 5.26 Å². The molecular weight excluding hydrogens is 350 g/mol. The molecule has 0 bridgehead atoms. The number of carbonyl (C=O) groups is 1. The zero-order valence-corrected chi connectivity index (χ0v) is 11.9. The molecule has 1 aromatic rings. The normalized spacial score (nSPS) is 7.64. The third-order valence-corrected chi connectivity index (χ3v) is 1.55. The van der Waals surface area contributed by atoms with Crippen LogP contribution in [-0.4, -0.2) is 46.9 Å². The fourth-order valence-corrected chi connectivity index (χ4v) is 1.00. The van der Waals surface area contributed by atoms with Crippen molar-refractivity contribution in [2.75, 3.05) is 0 Å². The van der Waals surface area contributed by atoms with Gasteiger partial charge in [0.2, 0.25) is 5.91 Å². The molecule has 70 valence electrons. The van der Waals surface area contributed by atoms with Crippen LogP contribution in [0.1, 0.15) is 15.9 Å². The molecule has 0 spiro atoms. The van der Waals surface area contributed by atoms with Gasteiger partial charge >= 0.3 is 0 Å². The topological polar surface area (TPSA) is 66.9 Å². The summed E-state index contributed by atoms with van der Waals surface area (Å²) < 4.78 is 0. The summed E-state index contributed by atoms with van der Waals surface area (Å²) in [5.74, 6) is -0.485. The molecular formula is C9H8N2OSeSn. The summed E-state index contributed by atoms with van der Waals surface area (Å²) in [6.45, 7) is 0. The van der Waals surface area contributed by atoms with Gasteiger partial charge in [0.25, 0.3) is 0 Å². The quantitative estimate of drug-likeness (QED) is 0.762.